The van der Waals surface area contributed by atoms with Gasteiger partial charge in [0, 0.05) is 13.0 Å². The maximum atomic E-state index is 12.6. The minimum absolute atomic E-state index is 0.0610. The van der Waals surface area contributed by atoms with Crippen LogP contribution < -0.4 is 4.74 Å². The van der Waals surface area contributed by atoms with Crippen molar-refractivity contribution in [1.29, 1.82) is 0 Å². The van der Waals surface area contributed by atoms with Crippen molar-refractivity contribution in [2.75, 3.05) is 26.4 Å². The molecule has 0 radical (unpaired) electrons. The zero-order chi connectivity index (χ0) is 15.5. The number of carbonyl (C=O) groups is 2. The second-order valence-corrected chi connectivity index (χ2v) is 5.59. The molecule has 118 valence electrons. The average molecular weight is 305 g/mol. The van der Waals surface area contributed by atoms with Gasteiger partial charge in [0.15, 0.2) is 6.04 Å². The summed E-state index contributed by atoms with van der Waals surface area (Å²) in [6.07, 6.45) is 1.08. The standard InChI is InChI=1S/C16H19NO5/c18-15(17-6-8-21-10-13(17)16(19)20)9-11-5-7-22-14-4-2-1-3-12(11)14/h1-4,11,13H,5-10H2,(H,19,20)/t11-,13-/m1/s1. The van der Waals surface area contributed by atoms with Crippen molar-refractivity contribution >= 4 is 11.9 Å². The Kier molecular flexibility index (Phi) is 4.29. The number of rotatable bonds is 3. The Morgan fingerprint density at radius 2 is 2.09 bits per heavy atom. The van der Waals surface area contributed by atoms with E-state index in [1.807, 2.05) is 24.3 Å². The van der Waals surface area contributed by atoms with Gasteiger partial charge in [-0.3, -0.25) is 4.79 Å². The normalized spacial score (nSPS) is 24.3. The van der Waals surface area contributed by atoms with E-state index in [2.05, 4.69) is 0 Å². The first kappa shape index (κ1) is 14.8. The first-order chi connectivity index (χ1) is 10.7. The van der Waals surface area contributed by atoms with Crippen LogP contribution in [0.25, 0.3) is 0 Å². The summed E-state index contributed by atoms with van der Waals surface area (Å²) in [7, 11) is 0. The molecule has 2 atom stereocenters. The number of ether oxygens (including phenoxy) is 2. The van der Waals surface area contributed by atoms with Gasteiger partial charge in [0.05, 0.1) is 19.8 Å². The van der Waals surface area contributed by atoms with Gasteiger partial charge in [-0.2, -0.15) is 0 Å². The van der Waals surface area contributed by atoms with Gasteiger partial charge in [-0.25, -0.2) is 4.79 Å². The van der Waals surface area contributed by atoms with Crippen LogP contribution in [0.4, 0.5) is 0 Å². The summed E-state index contributed by atoms with van der Waals surface area (Å²) in [5, 5.41) is 9.23. The van der Waals surface area contributed by atoms with Gasteiger partial charge in [-0.05, 0) is 24.0 Å². The number of hydrogen-bond acceptors (Lipinski definition) is 4. The Labute approximate surface area is 128 Å². The number of para-hydroxylation sites is 1. The molecular weight excluding hydrogens is 286 g/mol. The molecule has 22 heavy (non-hydrogen) atoms. The molecule has 1 N–H and O–H groups in total. The first-order valence-corrected chi connectivity index (χ1v) is 7.48. The third-order valence-electron chi connectivity index (χ3n) is 4.24. The van der Waals surface area contributed by atoms with E-state index in [0.29, 0.717) is 26.2 Å². The molecule has 0 aromatic heterocycles. The van der Waals surface area contributed by atoms with Gasteiger partial charge < -0.3 is 19.5 Å². The summed E-state index contributed by atoms with van der Waals surface area (Å²) in [5.41, 5.74) is 1.03. The van der Waals surface area contributed by atoms with E-state index < -0.39 is 12.0 Å². The highest BCUT2D eigenvalue weighted by Gasteiger charge is 2.34. The lowest BCUT2D eigenvalue weighted by molar-refractivity contribution is -0.158. The molecule has 0 unspecified atom stereocenters. The van der Waals surface area contributed by atoms with E-state index in [1.54, 1.807) is 0 Å². The number of benzene rings is 1. The smallest absolute Gasteiger partial charge is 0.328 e. The third-order valence-corrected chi connectivity index (χ3v) is 4.24. The number of carboxylic acid groups (broad SMARTS) is 1. The highest BCUT2D eigenvalue weighted by molar-refractivity contribution is 5.84. The molecule has 0 saturated carbocycles. The van der Waals surface area contributed by atoms with Gasteiger partial charge in [0.2, 0.25) is 5.91 Å². The van der Waals surface area contributed by atoms with Crippen LogP contribution in [0.15, 0.2) is 24.3 Å². The number of carbonyl (C=O) groups excluding carboxylic acids is 1. The minimum atomic E-state index is -1.01. The van der Waals surface area contributed by atoms with Crippen molar-refractivity contribution in [3.63, 3.8) is 0 Å². The minimum Gasteiger partial charge on any atom is -0.493 e. The molecule has 0 aliphatic carbocycles. The third kappa shape index (κ3) is 2.92. The molecule has 1 saturated heterocycles. The molecular formula is C16H19NO5. The maximum absolute atomic E-state index is 12.6. The van der Waals surface area contributed by atoms with Crippen LogP contribution in [-0.4, -0.2) is 54.3 Å². The van der Waals surface area contributed by atoms with Crippen molar-refractivity contribution < 1.29 is 24.2 Å². The van der Waals surface area contributed by atoms with Gasteiger partial charge in [-0.1, -0.05) is 18.2 Å². The number of fused-ring (bicyclic) bond motifs is 1. The van der Waals surface area contributed by atoms with Gasteiger partial charge in [-0.15, -0.1) is 0 Å². The van der Waals surface area contributed by atoms with E-state index >= 15 is 0 Å². The molecule has 0 bridgehead atoms. The Morgan fingerprint density at radius 3 is 2.91 bits per heavy atom. The zero-order valence-corrected chi connectivity index (χ0v) is 12.2. The topological polar surface area (TPSA) is 76.1 Å². The van der Waals surface area contributed by atoms with Crippen molar-refractivity contribution in [3.05, 3.63) is 29.8 Å². The number of carboxylic acids is 1. The van der Waals surface area contributed by atoms with Crippen molar-refractivity contribution in [2.45, 2.75) is 24.8 Å². The fraction of sp³-hybridized carbons (Fsp3) is 0.500. The number of morpholine rings is 1. The van der Waals surface area contributed by atoms with E-state index in [4.69, 9.17) is 9.47 Å². The summed E-state index contributed by atoms with van der Waals surface area (Å²) < 4.78 is 10.8. The van der Waals surface area contributed by atoms with Crippen LogP contribution in [0.3, 0.4) is 0 Å². The van der Waals surface area contributed by atoms with Crippen molar-refractivity contribution in [1.82, 2.24) is 4.90 Å². The Morgan fingerprint density at radius 1 is 1.27 bits per heavy atom. The fourth-order valence-electron chi connectivity index (χ4n) is 3.06. The molecule has 1 amide bonds. The molecule has 2 aliphatic rings. The van der Waals surface area contributed by atoms with Crippen LogP contribution in [0.5, 0.6) is 5.75 Å². The Hall–Kier alpha value is -2.08. The lowest BCUT2D eigenvalue weighted by atomic mass is 9.89. The van der Waals surface area contributed by atoms with E-state index in [9.17, 15) is 14.7 Å². The fourth-order valence-corrected chi connectivity index (χ4v) is 3.06. The highest BCUT2D eigenvalue weighted by atomic mass is 16.5. The largest absolute Gasteiger partial charge is 0.493 e. The number of amides is 1. The molecule has 6 heteroatoms. The molecule has 3 rings (SSSR count). The van der Waals surface area contributed by atoms with Crippen LogP contribution in [0.1, 0.15) is 24.3 Å². The summed E-state index contributed by atoms with van der Waals surface area (Å²) in [5.74, 6) is -0.240. The van der Waals surface area contributed by atoms with E-state index in [0.717, 1.165) is 17.7 Å². The molecule has 0 spiro atoms. The summed E-state index contributed by atoms with van der Waals surface area (Å²) in [6, 6.07) is 6.84. The Balaban J connectivity index is 1.73. The second-order valence-electron chi connectivity index (χ2n) is 5.59. The summed E-state index contributed by atoms with van der Waals surface area (Å²) in [6.45, 7) is 1.37. The number of nitrogens with zero attached hydrogens (tertiary/aromatic N) is 1. The molecule has 1 aromatic rings. The monoisotopic (exact) mass is 305 g/mol. The predicted molar refractivity (Wildman–Crippen MR) is 77.9 cm³/mol. The average Bonchev–Trinajstić information content (AvgIpc) is 2.55. The van der Waals surface area contributed by atoms with Crippen LogP contribution in [0.2, 0.25) is 0 Å². The lowest BCUT2D eigenvalue weighted by Crippen LogP contribution is -2.52. The highest BCUT2D eigenvalue weighted by Crippen LogP contribution is 2.36. The van der Waals surface area contributed by atoms with Gasteiger partial charge in [0.1, 0.15) is 5.75 Å². The first-order valence-electron chi connectivity index (χ1n) is 7.48. The van der Waals surface area contributed by atoms with Gasteiger partial charge in [0.25, 0.3) is 0 Å². The van der Waals surface area contributed by atoms with Crippen LogP contribution in [0, 0.1) is 0 Å². The van der Waals surface area contributed by atoms with E-state index in [-0.39, 0.29) is 18.4 Å². The Bertz CT molecular complexity index is 573. The lowest BCUT2D eigenvalue weighted by Gasteiger charge is -2.34. The molecule has 2 heterocycles. The second kappa shape index (κ2) is 6.36. The van der Waals surface area contributed by atoms with Crippen LogP contribution >= 0.6 is 0 Å². The van der Waals surface area contributed by atoms with Gasteiger partial charge >= 0.3 is 5.97 Å². The number of hydrogen-bond donors (Lipinski definition) is 1. The summed E-state index contributed by atoms with van der Waals surface area (Å²) in [4.78, 5) is 25.3. The van der Waals surface area contributed by atoms with Crippen molar-refractivity contribution in [3.8, 4) is 5.75 Å². The number of aliphatic carboxylic acids is 1. The van der Waals surface area contributed by atoms with Crippen LogP contribution in [-0.2, 0) is 14.3 Å². The van der Waals surface area contributed by atoms with E-state index in [1.165, 1.54) is 4.90 Å². The molecule has 1 fully saturated rings. The molecule has 1 aromatic carbocycles. The maximum Gasteiger partial charge on any atom is 0.328 e. The van der Waals surface area contributed by atoms with Crippen molar-refractivity contribution in [2.24, 2.45) is 0 Å². The summed E-state index contributed by atoms with van der Waals surface area (Å²) >= 11 is 0. The quantitative estimate of drug-likeness (QED) is 0.909. The molecule has 2 aliphatic heterocycles. The SMILES string of the molecule is O=C(O)[C@H]1COCCN1C(=O)C[C@H]1CCOc2ccccc21. The zero-order valence-electron chi connectivity index (χ0n) is 12.2. The molecule has 6 nitrogen and oxygen atoms in total. The predicted octanol–water partition coefficient (Wildman–Crippen LogP) is 1.25.